The Bertz CT molecular complexity index is 922. The van der Waals surface area contributed by atoms with Crippen molar-refractivity contribution in [3.05, 3.63) is 59.7 Å². The molecule has 1 aliphatic rings. The normalized spacial score (nSPS) is 13.5. The largest absolute Gasteiger partial charge is 0.480 e. The van der Waals surface area contributed by atoms with Crippen molar-refractivity contribution in [3.63, 3.8) is 0 Å². The fourth-order valence-corrected chi connectivity index (χ4v) is 3.70. The van der Waals surface area contributed by atoms with Gasteiger partial charge in [-0.2, -0.15) is 0 Å². The first-order valence-electron chi connectivity index (χ1n) is 9.13. The highest BCUT2D eigenvalue weighted by molar-refractivity contribution is 5.82. The second-order valence-electron chi connectivity index (χ2n) is 7.34. The average molecular weight is 377 g/mol. The molecule has 0 spiro atoms. The number of carboxylic acid groups (broad SMARTS) is 1. The lowest BCUT2D eigenvalue weighted by atomic mass is 9.85. The summed E-state index contributed by atoms with van der Waals surface area (Å²) in [7, 11) is 0. The number of hydrogen-bond acceptors (Lipinski definition) is 3. The van der Waals surface area contributed by atoms with Crippen molar-refractivity contribution in [1.82, 2.24) is 5.32 Å². The molecular weight excluding hydrogens is 354 g/mol. The summed E-state index contributed by atoms with van der Waals surface area (Å²) < 4.78 is 5.43. The first kappa shape index (κ1) is 19.5. The van der Waals surface area contributed by atoms with Gasteiger partial charge in [-0.3, -0.25) is 0 Å². The van der Waals surface area contributed by atoms with Crippen LogP contribution in [-0.2, 0) is 9.53 Å². The molecule has 144 valence electrons. The Labute approximate surface area is 164 Å². The van der Waals surface area contributed by atoms with Gasteiger partial charge in [-0.1, -0.05) is 54.5 Å². The monoisotopic (exact) mass is 377 g/mol. The van der Waals surface area contributed by atoms with Crippen LogP contribution < -0.4 is 5.32 Å². The number of rotatable bonds is 5. The number of fused-ring (bicyclic) bond motifs is 3. The smallest absolute Gasteiger partial charge is 0.407 e. The standard InChI is InChI=1S/C23H23NO4/c1-4-13-23(2,3)20(21(25)26)24-22(27)28-14-19-17-11-7-5-9-15(17)16-10-6-8-12-18(16)19/h5-12,19-20H,14H2,1-3H3,(H,24,27)(H,25,26)/t20-/m1/s1. The summed E-state index contributed by atoms with van der Waals surface area (Å²) in [5.74, 6) is 4.31. The van der Waals surface area contributed by atoms with Crippen molar-refractivity contribution in [2.45, 2.75) is 32.7 Å². The fraction of sp³-hybridized carbons (Fsp3) is 0.304. The highest BCUT2D eigenvalue weighted by Crippen LogP contribution is 2.44. The number of carbonyl (C=O) groups is 2. The summed E-state index contributed by atoms with van der Waals surface area (Å²) in [5, 5.41) is 11.9. The first-order chi connectivity index (χ1) is 13.3. The van der Waals surface area contributed by atoms with E-state index in [4.69, 9.17) is 4.74 Å². The molecule has 0 heterocycles. The summed E-state index contributed by atoms with van der Waals surface area (Å²) in [6.07, 6.45) is -0.764. The Morgan fingerprint density at radius 3 is 2.14 bits per heavy atom. The molecule has 0 saturated carbocycles. The topological polar surface area (TPSA) is 75.6 Å². The first-order valence-corrected chi connectivity index (χ1v) is 9.13. The van der Waals surface area contributed by atoms with Gasteiger partial charge in [0.05, 0.1) is 5.41 Å². The van der Waals surface area contributed by atoms with E-state index >= 15 is 0 Å². The van der Waals surface area contributed by atoms with Crippen molar-refractivity contribution < 1.29 is 19.4 Å². The molecule has 2 N–H and O–H groups in total. The van der Waals surface area contributed by atoms with Gasteiger partial charge >= 0.3 is 12.1 Å². The molecule has 0 bridgehead atoms. The Morgan fingerprint density at radius 2 is 1.64 bits per heavy atom. The molecule has 1 atom stereocenters. The molecule has 2 aromatic carbocycles. The van der Waals surface area contributed by atoms with Crippen LogP contribution in [0.2, 0.25) is 0 Å². The Balaban J connectivity index is 1.74. The summed E-state index contributed by atoms with van der Waals surface area (Å²) in [4.78, 5) is 24.0. The van der Waals surface area contributed by atoms with Crippen molar-refractivity contribution in [2.75, 3.05) is 6.61 Å². The van der Waals surface area contributed by atoms with E-state index < -0.39 is 23.5 Å². The lowest BCUT2D eigenvalue weighted by Gasteiger charge is -2.27. The lowest BCUT2D eigenvalue weighted by molar-refractivity contribution is -0.141. The molecule has 0 aliphatic heterocycles. The second kappa shape index (κ2) is 7.77. The SMILES string of the molecule is CC#CC(C)(C)[C@H](NC(=O)OCC1c2ccccc2-c2ccccc21)C(=O)O. The van der Waals surface area contributed by atoms with E-state index in [-0.39, 0.29) is 12.5 Å². The van der Waals surface area contributed by atoms with E-state index in [0.717, 1.165) is 22.3 Å². The van der Waals surface area contributed by atoms with Crippen LogP contribution in [0.1, 0.15) is 37.8 Å². The van der Waals surface area contributed by atoms with E-state index in [9.17, 15) is 14.7 Å². The Hall–Kier alpha value is -3.26. The highest BCUT2D eigenvalue weighted by atomic mass is 16.5. The summed E-state index contributed by atoms with van der Waals surface area (Å²) in [5.41, 5.74) is 3.54. The van der Waals surface area contributed by atoms with Gasteiger partial charge in [0.15, 0.2) is 0 Å². The van der Waals surface area contributed by atoms with Gasteiger partial charge in [-0.15, -0.1) is 5.92 Å². The van der Waals surface area contributed by atoms with Gasteiger partial charge in [0.2, 0.25) is 0 Å². The van der Waals surface area contributed by atoms with Crippen LogP contribution in [0.4, 0.5) is 4.79 Å². The number of amides is 1. The van der Waals surface area contributed by atoms with Crippen LogP contribution in [0.3, 0.4) is 0 Å². The third kappa shape index (κ3) is 3.72. The number of nitrogens with one attached hydrogen (secondary N) is 1. The van der Waals surface area contributed by atoms with E-state index in [2.05, 4.69) is 29.3 Å². The van der Waals surface area contributed by atoms with E-state index in [1.54, 1.807) is 20.8 Å². The third-order valence-electron chi connectivity index (χ3n) is 5.02. The van der Waals surface area contributed by atoms with Crippen LogP contribution in [0.25, 0.3) is 11.1 Å². The van der Waals surface area contributed by atoms with E-state index in [0.29, 0.717) is 0 Å². The summed E-state index contributed by atoms with van der Waals surface area (Å²) in [6.45, 7) is 5.11. The van der Waals surface area contributed by atoms with Crippen molar-refractivity contribution in [2.24, 2.45) is 5.41 Å². The number of carbonyl (C=O) groups excluding carboxylic acids is 1. The van der Waals surface area contributed by atoms with Crippen molar-refractivity contribution >= 4 is 12.1 Å². The number of benzene rings is 2. The molecule has 0 fully saturated rings. The van der Waals surface area contributed by atoms with Gasteiger partial charge in [-0.05, 0) is 43.0 Å². The maximum Gasteiger partial charge on any atom is 0.407 e. The molecule has 5 heteroatoms. The van der Waals surface area contributed by atoms with Gasteiger partial charge in [-0.25, -0.2) is 9.59 Å². The number of ether oxygens (including phenoxy) is 1. The quantitative estimate of drug-likeness (QED) is 0.772. The van der Waals surface area contributed by atoms with Crippen LogP contribution in [-0.4, -0.2) is 29.8 Å². The highest BCUT2D eigenvalue weighted by Gasteiger charge is 2.36. The predicted molar refractivity (Wildman–Crippen MR) is 107 cm³/mol. The van der Waals surface area contributed by atoms with Crippen molar-refractivity contribution in [3.8, 4) is 23.0 Å². The molecule has 2 aromatic rings. The molecule has 0 unspecified atom stereocenters. The van der Waals surface area contributed by atoms with E-state index in [1.807, 2.05) is 36.4 Å². The minimum absolute atomic E-state index is 0.0788. The molecule has 0 saturated heterocycles. The molecule has 1 amide bonds. The molecule has 3 rings (SSSR count). The number of alkyl carbamates (subject to hydrolysis) is 1. The zero-order valence-corrected chi connectivity index (χ0v) is 16.2. The maximum absolute atomic E-state index is 12.3. The van der Waals surface area contributed by atoms with Gasteiger partial charge in [0.25, 0.3) is 0 Å². The molecule has 0 radical (unpaired) electrons. The third-order valence-corrected chi connectivity index (χ3v) is 5.02. The van der Waals surface area contributed by atoms with Crippen LogP contribution in [0.15, 0.2) is 48.5 Å². The van der Waals surface area contributed by atoms with Crippen molar-refractivity contribution in [1.29, 1.82) is 0 Å². The summed E-state index contributed by atoms with van der Waals surface area (Å²) in [6, 6.07) is 14.9. The Morgan fingerprint density at radius 1 is 1.11 bits per heavy atom. The Kier molecular flexibility index (Phi) is 5.41. The lowest BCUT2D eigenvalue weighted by Crippen LogP contribution is -2.50. The van der Waals surface area contributed by atoms with Gasteiger partial charge in [0.1, 0.15) is 12.6 Å². The number of aliphatic carboxylic acids is 1. The van der Waals surface area contributed by atoms with Crippen LogP contribution in [0.5, 0.6) is 0 Å². The minimum atomic E-state index is -1.17. The zero-order chi connectivity index (χ0) is 20.3. The minimum Gasteiger partial charge on any atom is -0.480 e. The fourth-order valence-electron chi connectivity index (χ4n) is 3.70. The molecule has 1 aliphatic carbocycles. The summed E-state index contributed by atoms with van der Waals surface area (Å²) >= 11 is 0. The molecule has 5 nitrogen and oxygen atoms in total. The average Bonchev–Trinajstić information content (AvgIpc) is 2.98. The number of carboxylic acids is 1. The number of hydrogen-bond donors (Lipinski definition) is 2. The van der Waals surface area contributed by atoms with Gasteiger partial charge < -0.3 is 15.2 Å². The molecule has 28 heavy (non-hydrogen) atoms. The molecular formula is C23H23NO4. The van der Waals surface area contributed by atoms with Gasteiger partial charge in [0, 0.05) is 5.92 Å². The molecule has 0 aromatic heterocycles. The van der Waals surface area contributed by atoms with Crippen LogP contribution in [0, 0.1) is 17.3 Å². The second-order valence-corrected chi connectivity index (χ2v) is 7.34. The van der Waals surface area contributed by atoms with Crippen LogP contribution >= 0.6 is 0 Å². The maximum atomic E-state index is 12.3. The zero-order valence-electron chi connectivity index (χ0n) is 16.2. The van der Waals surface area contributed by atoms with E-state index in [1.165, 1.54) is 0 Å². The predicted octanol–water partition coefficient (Wildman–Crippen LogP) is 4.03.